The Hall–Kier alpha value is -2.47. The molecule has 0 saturated carbocycles. The van der Waals surface area contributed by atoms with Crippen molar-refractivity contribution in [3.05, 3.63) is 54.1 Å². The maximum Gasteiger partial charge on any atom is 0.243 e. The van der Waals surface area contributed by atoms with Crippen molar-refractivity contribution in [2.75, 3.05) is 31.1 Å². The number of thiazole rings is 1. The van der Waals surface area contributed by atoms with Gasteiger partial charge in [-0.2, -0.15) is 4.31 Å². The minimum Gasteiger partial charge on any atom is -0.376 e. The molecule has 7 nitrogen and oxygen atoms in total. The molecule has 35 heavy (non-hydrogen) atoms. The van der Waals surface area contributed by atoms with E-state index in [1.807, 2.05) is 0 Å². The van der Waals surface area contributed by atoms with Gasteiger partial charge in [0.15, 0.2) is 5.13 Å². The van der Waals surface area contributed by atoms with Crippen LogP contribution in [0.1, 0.15) is 25.7 Å². The number of rotatable bonds is 6. The zero-order valence-electron chi connectivity index (χ0n) is 18.9. The molecule has 0 aliphatic carbocycles. The van der Waals surface area contributed by atoms with Crippen LogP contribution in [0.15, 0.2) is 47.4 Å². The van der Waals surface area contributed by atoms with Gasteiger partial charge in [0, 0.05) is 19.7 Å². The smallest absolute Gasteiger partial charge is 0.243 e. The number of aromatic nitrogens is 1. The summed E-state index contributed by atoms with van der Waals surface area (Å²) in [5, 5.41) is 0.379. The Bertz CT molecular complexity index is 1320. The van der Waals surface area contributed by atoms with Gasteiger partial charge in [-0.15, -0.1) is 0 Å². The molecule has 0 spiro atoms. The Kier molecular flexibility index (Phi) is 6.84. The van der Waals surface area contributed by atoms with Crippen LogP contribution in [0.25, 0.3) is 10.2 Å². The quantitative estimate of drug-likeness (QED) is 0.486. The van der Waals surface area contributed by atoms with Crippen LogP contribution in [0.5, 0.6) is 0 Å². The molecular formula is C24H25F2N3O4S2. The molecule has 0 radical (unpaired) electrons. The van der Waals surface area contributed by atoms with E-state index >= 15 is 0 Å². The molecule has 2 atom stereocenters. The lowest BCUT2D eigenvalue weighted by atomic mass is 9.98. The molecule has 0 N–H and O–H groups in total. The summed E-state index contributed by atoms with van der Waals surface area (Å²) in [6.45, 7) is 1.19. The van der Waals surface area contributed by atoms with Crippen molar-refractivity contribution >= 4 is 42.6 Å². The highest BCUT2D eigenvalue weighted by atomic mass is 32.2. The number of halogens is 2. The second-order valence-corrected chi connectivity index (χ2v) is 11.8. The average molecular weight is 522 g/mol. The molecule has 2 saturated heterocycles. The number of ether oxygens (including phenoxy) is 1. The molecule has 3 heterocycles. The van der Waals surface area contributed by atoms with E-state index in [1.165, 1.54) is 33.8 Å². The first kappa shape index (κ1) is 24.2. The summed E-state index contributed by atoms with van der Waals surface area (Å²) in [7, 11) is -3.88. The first-order valence-electron chi connectivity index (χ1n) is 11.6. The molecule has 1 amide bonds. The highest BCUT2D eigenvalue weighted by Gasteiger charge is 2.37. The van der Waals surface area contributed by atoms with Crippen LogP contribution in [0.4, 0.5) is 13.9 Å². The maximum atomic E-state index is 14.3. The number of benzene rings is 2. The number of piperidine rings is 1. The molecule has 2 aromatic carbocycles. The van der Waals surface area contributed by atoms with Gasteiger partial charge in [0.2, 0.25) is 15.9 Å². The summed E-state index contributed by atoms with van der Waals surface area (Å²) >= 11 is 1.23. The summed E-state index contributed by atoms with van der Waals surface area (Å²) in [5.41, 5.74) is 0.210. The van der Waals surface area contributed by atoms with Gasteiger partial charge in [-0.25, -0.2) is 22.2 Å². The molecule has 5 rings (SSSR count). The molecule has 2 unspecified atom stereocenters. The van der Waals surface area contributed by atoms with Crippen molar-refractivity contribution in [1.29, 1.82) is 0 Å². The number of fused-ring (bicyclic) bond motifs is 1. The SMILES string of the molecule is O=C(C1CCCN(S(=O)(=O)c2ccc(F)cc2)C1)N(CC1CCCO1)c1nc2c(F)cccc2s1. The lowest BCUT2D eigenvalue weighted by molar-refractivity contribution is -0.123. The molecule has 2 fully saturated rings. The summed E-state index contributed by atoms with van der Waals surface area (Å²) < 4.78 is 61.6. The van der Waals surface area contributed by atoms with Crippen LogP contribution in [0, 0.1) is 17.6 Å². The molecule has 3 aromatic rings. The highest BCUT2D eigenvalue weighted by molar-refractivity contribution is 7.89. The van der Waals surface area contributed by atoms with Gasteiger partial charge in [-0.1, -0.05) is 17.4 Å². The minimum atomic E-state index is -3.88. The highest BCUT2D eigenvalue weighted by Crippen LogP contribution is 2.33. The van der Waals surface area contributed by atoms with Crippen molar-refractivity contribution < 1.29 is 26.7 Å². The number of nitrogens with zero attached hydrogens (tertiary/aromatic N) is 3. The third kappa shape index (κ3) is 4.95. The molecule has 1 aromatic heterocycles. The first-order valence-corrected chi connectivity index (χ1v) is 13.8. The largest absolute Gasteiger partial charge is 0.376 e. The lowest BCUT2D eigenvalue weighted by Gasteiger charge is -2.34. The first-order chi connectivity index (χ1) is 16.8. The van der Waals surface area contributed by atoms with Crippen LogP contribution in [-0.4, -0.2) is 56.0 Å². The number of carbonyl (C=O) groups excluding carboxylic acids is 1. The van der Waals surface area contributed by atoms with E-state index in [2.05, 4.69) is 4.98 Å². The molecule has 11 heteroatoms. The number of sulfonamides is 1. The molecular weight excluding hydrogens is 496 g/mol. The van der Waals surface area contributed by atoms with E-state index < -0.39 is 27.6 Å². The number of anilines is 1. The van der Waals surface area contributed by atoms with Gasteiger partial charge < -0.3 is 4.74 Å². The standard InChI is InChI=1S/C24H25F2N3O4S2/c25-17-8-10-19(11-9-17)35(31,32)28-12-2-4-16(14-28)23(30)29(15-18-5-3-13-33-18)24-27-22-20(26)6-1-7-21(22)34-24/h1,6-11,16,18H,2-5,12-15H2. The number of carbonyl (C=O) groups is 1. The second-order valence-electron chi connectivity index (χ2n) is 8.82. The molecule has 0 bridgehead atoms. The van der Waals surface area contributed by atoms with Gasteiger partial charge in [-0.05, 0) is 62.1 Å². The number of amides is 1. The van der Waals surface area contributed by atoms with Gasteiger partial charge in [0.25, 0.3) is 0 Å². The fourth-order valence-corrected chi connectivity index (χ4v) is 7.13. The van der Waals surface area contributed by atoms with Crippen LogP contribution in [0.2, 0.25) is 0 Å². The summed E-state index contributed by atoms with van der Waals surface area (Å²) in [5.74, 6) is -1.81. The summed E-state index contributed by atoms with van der Waals surface area (Å²) in [6.07, 6.45) is 2.58. The second kappa shape index (κ2) is 9.88. The Morgan fingerprint density at radius 1 is 1.14 bits per heavy atom. The normalized spacial score (nSPS) is 21.4. The zero-order valence-corrected chi connectivity index (χ0v) is 20.5. The van der Waals surface area contributed by atoms with Crippen LogP contribution >= 0.6 is 11.3 Å². The summed E-state index contributed by atoms with van der Waals surface area (Å²) in [6, 6.07) is 9.36. The van der Waals surface area contributed by atoms with Crippen LogP contribution < -0.4 is 4.90 Å². The number of para-hydroxylation sites is 1. The molecule has 2 aliphatic rings. The van der Waals surface area contributed by atoms with E-state index in [0.29, 0.717) is 29.3 Å². The Balaban J connectivity index is 1.42. The van der Waals surface area contributed by atoms with E-state index in [9.17, 15) is 22.0 Å². The Morgan fingerprint density at radius 3 is 2.66 bits per heavy atom. The predicted octanol–water partition coefficient (Wildman–Crippen LogP) is 4.19. The monoisotopic (exact) mass is 521 g/mol. The zero-order chi connectivity index (χ0) is 24.6. The third-order valence-electron chi connectivity index (χ3n) is 6.45. The fraction of sp³-hybridized carbons (Fsp3) is 0.417. The van der Waals surface area contributed by atoms with Crippen molar-refractivity contribution in [2.24, 2.45) is 5.92 Å². The van der Waals surface area contributed by atoms with Crippen molar-refractivity contribution in [2.45, 2.75) is 36.7 Å². The lowest BCUT2D eigenvalue weighted by Crippen LogP contribution is -2.48. The maximum absolute atomic E-state index is 14.3. The van der Waals surface area contributed by atoms with Gasteiger partial charge in [0.1, 0.15) is 17.2 Å². The topological polar surface area (TPSA) is 79.8 Å². The van der Waals surface area contributed by atoms with Crippen LogP contribution in [-0.2, 0) is 19.6 Å². The fourth-order valence-electron chi connectivity index (χ4n) is 4.61. The van der Waals surface area contributed by atoms with Crippen molar-refractivity contribution in [1.82, 2.24) is 9.29 Å². The molecule has 2 aliphatic heterocycles. The van der Waals surface area contributed by atoms with E-state index in [1.54, 1.807) is 17.0 Å². The third-order valence-corrected chi connectivity index (χ3v) is 9.37. The number of hydrogen-bond acceptors (Lipinski definition) is 6. The number of hydrogen-bond donors (Lipinski definition) is 0. The molecule has 186 valence electrons. The van der Waals surface area contributed by atoms with Gasteiger partial charge in [-0.3, -0.25) is 9.69 Å². The van der Waals surface area contributed by atoms with E-state index in [4.69, 9.17) is 4.74 Å². The minimum absolute atomic E-state index is 0.00939. The Morgan fingerprint density at radius 2 is 1.94 bits per heavy atom. The van der Waals surface area contributed by atoms with Crippen molar-refractivity contribution in [3.63, 3.8) is 0 Å². The van der Waals surface area contributed by atoms with E-state index in [0.717, 1.165) is 25.0 Å². The Labute approximate surface area is 206 Å². The van der Waals surface area contributed by atoms with E-state index in [-0.39, 0.29) is 42.1 Å². The van der Waals surface area contributed by atoms with Gasteiger partial charge in [0.05, 0.1) is 28.2 Å². The van der Waals surface area contributed by atoms with Crippen molar-refractivity contribution in [3.8, 4) is 0 Å². The van der Waals surface area contributed by atoms with Crippen LogP contribution in [0.3, 0.4) is 0 Å². The average Bonchev–Trinajstić information content (AvgIpc) is 3.53. The summed E-state index contributed by atoms with van der Waals surface area (Å²) in [4.78, 5) is 19.7. The van der Waals surface area contributed by atoms with Gasteiger partial charge >= 0.3 is 0 Å². The predicted molar refractivity (Wildman–Crippen MR) is 129 cm³/mol.